The van der Waals surface area contributed by atoms with E-state index in [2.05, 4.69) is 19.9 Å². The van der Waals surface area contributed by atoms with Crippen LogP contribution in [0.15, 0.2) is 6.33 Å². The lowest BCUT2D eigenvalue weighted by Crippen LogP contribution is -2.47. The van der Waals surface area contributed by atoms with Crippen molar-refractivity contribution in [3.8, 4) is 0 Å². The number of H-pyrrole nitrogens is 1. The summed E-state index contributed by atoms with van der Waals surface area (Å²) in [6.07, 6.45) is 4.69. The molecule has 2 heterocycles. The summed E-state index contributed by atoms with van der Waals surface area (Å²) in [6, 6.07) is 0. The quantitative estimate of drug-likeness (QED) is 0.572. The van der Waals surface area contributed by atoms with Gasteiger partial charge < -0.3 is 5.73 Å². The van der Waals surface area contributed by atoms with Crippen LogP contribution in [-0.4, -0.2) is 54.1 Å². The van der Waals surface area contributed by atoms with Crippen molar-refractivity contribution in [3.63, 3.8) is 0 Å². The molecule has 2 rings (SSSR count). The number of nitrogens with zero attached hydrogens (tertiary/aromatic N) is 3. The molecule has 0 spiro atoms. The molecule has 1 unspecified atom stereocenters. The molecule has 4 N–H and O–H groups in total. The molecule has 1 saturated heterocycles. The van der Waals surface area contributed by atoms with Crippen LogP contribution in [0.4, 0.5) is 0 Å². The van der Waals surface area contributed by atoms with Gasteiger partial charge in [0.15, 0.2) is 0 Å². The Hall–Kier alpha value is -1.03. The highest BCUT2D eigenvalue weighted by Crippen LogP contribution is 2.17. The van der Waals surface area contributed by atoms with Crippen molar-refractivity contribution in [3.05, 3.63) is 12.2 Å². The third-order valence-electron chi connectivity index (χ3n) is 3.49. The van der Waals surface area contributed by atoms with E-state index >= 15 is 0 Å². The van der Waals surface area contributed by atoms with Crippen LogP contribution in [0, 0.1) is 5.92 Å². The monoisotopic (exact) mass is 302 g/mol. The molecule has 20 heavy (non-hydrogen) atoms. The Morgan fingerprint density at radius 2 is 2.40 bits per heavy atom. The van der Waals surface area contributed by atoms with Gasteiger partial charge in [-0.3, -0.25) is 5.10 Å². The van der Waals surface area contributed by atoms with Crippen molar-refractivity contribution in [2.75, 3.05) is 26.2 Å². The molecule has 1 aliphatic rings. The molecule has 1 aromatic rings. The molecule has 9 heteroatoms. The molecule has 0 radical (unpaired) electrons. The van der Waals surface area contributed by atoms with Gasteiger partial charge in [-0.2, -0.15) is 17.8 Å². The summed E-state index contributed by atoms with van der Waals surface area (Å²) in [5, 5.41) is 6.49. The minimum atomic E-state index is -3.39. The van der Waals surface area contributed by atoms with E-state index in [1.807, 2.05) is 0 Å². The lowest BCUT2D eigenvalue weighted by molar-refractivity contribution is 0.268. The predicted molar refractivity (Wildman–Crippen MR) is 75.0 cm³/mol. The van der Waals surface area contributed by atoms with E-state index in [-0.39, 0.29) is 5.92 Å². The average molecular weight is 302 g/mol. The third-order valence-corrected chi connectivity index (χ3v) is 5.08. The molecule has 0 saturated carbocycles. The van der Waals surface area contributed by atoms with Crippen molar-refractivity contribution in [1.82, 2.24) is 24.2 Å². The molecule has 1 atom stereocenters. The van der Waals surface area contributed by atoms with Crippen LogP contribution >= 0.6 is 0 Å². The highest BCUT2D eigenvalue weighted by Gasteiger charge is 2.27. The lowest BCUT2D eigenvalue weighted by Gasteiger charge is -2.31. The number of rotatable bonds is 7. The highest BCUT2D eigenvalue weighted by molar-refractivity contribution is 7.87. The van der Waals surface area contributed by atoms with Crippen molar-refractivity contribution in [1.29, 1.82) is 0 Å². The van der Waals surface area contributed by atoms with E-state index in [0.717, 1.165) is 18.7 Å². The van der Waals surface area contributed by atoms with E-state index in [0.29, 0.717) is 39.0 Å². The summed E-state index contributed by atoms with van der Waals surface area (Å²) in [7, 11) is -3.39. The SMILES string of the molecule is NCC1CCCN(S(=O)(=O)NCCCc2ncn[nH]2)C1. The van der Waals surface area contributed by atoms with Gasteiger partial charge in [-0.15, -0.1) is 0 Å². The standard InChI is InChI=1S/C11H22N6O2S/c12-7-10-3-2-6-17(8-10)20(18,19)15-5-1-4-11-13-9-14-16-11/h9-10,15H,1-8,12H2,(H,13,14,16). The Labute approximate surface area is 119 Å². The first-order valence-electron chi connectivity index (χ1n) is 6.91. The summed E-state index contributed by atoms with van der Waals surface area (Å²) < 4.78 is 28.4. The second kappa shape index (κ2) is 7.11. The van der Waals surface area contributed by atoms with Gasteiger partial charge in [-0.1, -0.05) is 0 Å². The number of piperidine rings is 1. The minimum absolute atomic E-state index is 0.273. The van der Waals surface area contributed by atoms with E-state index < -0.39 is 10.2 Å². The summed E-state index contributed by atoms with van der Waals surface area (Å²) in [5.41, 5.74) is 5.63. The lowest BCUT2D eigenvalue weighted by atomic mass is 10.0. The first-order valence-corrected chi connectivity index (χ1v) is 8.35. The fraction of sp³-hybridized carbons (Fsp3) is 0.818. The number of hydrogen-bond acceptors (Lipinski definition) is 5. The molecular weight excluding hydrogens is 280 g/mol. The van der Waals surface area contributed by atoms with Gasteiger partial charge in [0, 0.05) is 26.1 Å². The van der Waals surface area contributed by atoms with Crippen LogP contribution < -0.4 is 10.5 Å². The number of aryl methyl sites for hydroxylation is 1. The summed E-state index contributed by atoms with van der Waals surface area (Å²) in [5.74, 6) is 1.04. The second-order valence-corrected chi connectivity index (χ2v) is 6.79. The maximum Gasteiger partial charge on any atom is 0.279 e. The number of aromatic nitrogens is 3. The predicted octanol–water partition coefficient (Wildman–Crippen LogP) is -0.758. The van der Waals surface area contributed by atoms with Gasteiger partial charge in [-0.05, 0) is 31.7 Å². The fourth-order valence-corrected chi connectivity index (χ4v) is 3.70. The van der Waals surface area contributed by atoms with Crippen LogP contribution in [0.2, 0.25) is 0 Å². The van der Waals surface area contributed by atoms with Crippen LogP contribution in [0.1, 0.15) is 25.1 Å². The molecule has 0 bridgehead atoms. The maximum atomic E-state index is 12.1. The zero-order chi connectivity index (χ0) is 14.4. The molecule has 1 fully saturated rings. The summed E-state index contributed by atoms with van der Waals surface area (Å²) in [4.78, 5) is 3.99. The molecule has 114 valence electrons. The van der Waals surface area contributed by atoms with Crippen molar-refractivity contribution in [2.45, 2.75) is 25.7 Å². The minimum Gasteiger partial charge on any atom is -0.330 e. The molecule has 0 aliphatic carbocycles. The Morgan fingerprint density at radius 3 is 3.10 bits per heavy atom. The van der Waals surface area contributed by atoms with Gasteiger partial charge in [0.05, 0.1) is 0 Å². The molecular formula is C11H22N6O2S. The molecule has 0 aromatic carbocycles. The van der Waals surface area contributed by atoms with E-state index in [1.165, 1.54) is 10.6 Å². The Kier molecular flexibility index (Phi) is 5.46. The van der Waals surface area contributed by atoms with Crippen LogP contribution in [0.25, 0.3) is 0 Å². The average Bonchev–Trinajstić information content (AvgIpc) is 2.97. The van der Waals surface area contributed by atoms with E-state index in [1.54, 1.807) is 0 Å². The smallest absolute Gasteiger partial charge is 0.279 e. The number of hydrogen-bond donors (Lipinski definition) is 3. The maximum absolute atomic E-state index is 12.1. The summed E-state index contributed by atoms with van der Waals surface area (Å²) in [6.45, 7) is 2.03. The van der Waals surface area contributed by atoms with Crippen molar-refractivity contribution < 1.29 is 8.42 Å². The van der Waals surface area contributed by atoms with Gasteiger partial charge in [-0.25, -0.2) is 9.71 Å². The summed E-state index contributed by atoms with van der Waals surface area (Å²) >= 11 is 0. The first kappa shape index (κ1) is 15.4. The van der Waals surface area contributed by atoms with Crippen molar-refractivity contribution in [2.24, 2.45) is 11.7 Å². The highest BCUT2D eigenvalue weighted by atomic mass is 32.2. The van der Waals surface area contributed by atoms with Crippen LogP contribution in [0.5, 0.6) is 0 Å². The Morgan fingerprint density at radius 1 is 1.55 bits per heavy atom. The van der Waals surface area contributed by atoms with Crippen LogP contribution in [0.3, 0.4) is 0 Å². The fourth-order valence-electron chi connectivity index (χ4n) is 2.34. The number of nitrogens with one attached hydrogen (secondary N) is 2. The number of nitrogens with two attached hydrogens (primary N) is 1. The molecule has 0 amide bonds. The molecule has 8 nitrogen and oxygen atoms in total. The van der Waals surface area contributed by atoms with E-state index in [4.69, 9.17) is 5.73 Å². The van der Waals surface area contributed by atoms with Gasteiger partial charge in [0.2, 0.25) is 0 Å². The van der Waals surface area contributed by atoms with Gasteiger partial charge >= 0.3 is 0 Å². The number of aromatic amines is 1. The largest absolute Gasteiger partial charge is 0.330 e. The normalized spacial score (nSPS) is 21.1. The molecule has 1 aliphatic heterocycles. The Bertz CT molecular complexity index is 489. The van der Waals surface area contributed by atoms with E-state index in [9.17, 15) is 8.42 Å². The topological polar surface area (TPSA) is 117 Å². The van der Waals surface area contributed by atoms with Gasteiger partial charge in [0.1, 0.15) is 12.2 Å². The first-order chi connectivity index (χ1) is 9.62. The third kappa shape index (κ3) is 4.23. The van der Waals surface area contributed by atoms with Crippen LogP contribution in [-0.2, 0) is 16.6 Å². The molecule has 1 aromatic heterocycles. The Balaban J connectivity index is 1.75. The van der Waals surface area contributed by atoms with Gasteiger partial charge in [0.25, 0.3) is 10.2 Å². The second-order valence-electron chi connectivity index (χ2n) is 5.04. The zero-order valence-electron chi connectivity index (χ0n) is 11.5. The zero-order valence-corrected chi connectivity index (χ0v) is 12.3. The van der Waals surface area contributed by atoms with Crippen molar-refractivity contribution >= 4 is 10.2 Å².